The minimum absolute atomic E-state index is 0.208. The van der Waals surface area contributed by atoms with E-state index in [1.807, 2.05) is 36.4 Å². The number of halogens is 3. The quantitative estimate of drug-likeness (QED) is 0.600. The standard InChI is InChI=1S/C16H9Br3O3/c17-10-3-1-8(2-4-10)14-12(16(20)21)6-9-5-11(18)7-13(19)15(9)22-14/h1-7,14H,(H,20,21). The Morgan fingerprint density at radius 3 is 2.36 bits per heavy atom. The molecule has 0 aliphatic carbocycles. The van der Waals surface area contributed by atoms with E-state index in [1.165, 1.54) is 0 Å². The molecule has 6 heteroatoms. The van der Waals surface area contributed by atoms with Gasteiger partial charge in [0.05, 0.1) is 10.0 Å². The fourth-order valence-corrected chi connectivity index (χ4v) is 3.91. The predicted molar refractivity (Wildman–Crippen MR) is 95.0 cm³/mol. The molecule has 1 aliphatic heterocycles. The average molecular weight is 489 g/mol. The highest BCUT2D eigenvalue weighted by Gasteiger charge is 2.30. The van der Waals surface area contributed by atoms with Crippen LogP contribution in [0, 0.1) is 0 Å². The van der Waals surface area contributed by atoms with Gasteiger partial charge in [0.15, 0.2) is 6.10 Å². The van der Waals surface area contributed by atoms with Crippen molar-refractivity contribution in [3.63, 3.8) is 0 Å². The maximum atomic E-state index is 11.6. The third kappa shape index (κ3) is 3.00. The Bertz CT molecular complexity index is 782. The highest BCUT2D eigenvalue weighted by atomic mass is 79.9. The van der Waals surface area contributed by atoms with E-state index in [0.717, 1.165) is 24.5 Å². The van der Waals surface area contributed by atoms with Crippen LogP contribution in [0.5, 0.6) is 5.75 Å². The van der Waals surface area contributed by atoms with Crippen LogP contribution in [0.3, 0.4) is 0 Å². The lowest BCUT2D eigenvalue weighted by atomic mass is 9.96. The van der Waals surface area contributed by atoms with Gasteiger partial charge in [-0.15, -0.1) is 0 Å². The molecule has 0 saturated carbocycles. The molecular weight excluding hydrogens is 480 g/mol. The summed E-state index contributed by atoms with van der Waals surface area (Å²) >= 11 is 10.2. The van der Waals surface area contributed by atoms with Gasteiger partial charge >= 0.3 is 5.97 Å². The van der Waals surface area contributed by atoms with Crippen LogP contribution in [0.4, 0.5) is 0 Å². The Morgan fingerprint density at radius 2 is 1.73 bits per heavy atom. The van der Waals surface area contributed by atoms with Gasteiger partial charge in [0.25, 0.3) is 0 Å². The van der Waals surface area contributed by atoms with Crippen LogP contribution in [-0.2, 0) is 4.79 Å². The van der Waals surface area contributed by atoms with Gasteiger partial charge < -0.3 is 9.84 Å². The molecule has 0 amide bonds. The SMILES string of the molecule is O=C(O)C1=Cc2cc(Br)cc(Br)c2OC1c1ccc(Br)cc1. The number of hydrogen-bond donors (Lipinski definition) is 1. The molecule has 0 bridgehead atoms. The van der Waals surface area contributed by atoms with E-state index in [-0.39, 0.29) is 5.57 Å². The molecule has 2 aromatic rings. The lowest BCUT2D eigenvalue weighted by molar-refractivity contribution is -0.133. The number of carboxylic acids is 1. The molecule has 22 heavy (non-hydrogen) atoms. The van der Waals surface area contributed by atoms with Crippen molar-refractivity contribution in [2.24, 2.45) is 0 Å². The predicted octanol–water partition coefficient (Wildman–Crippen LogP) is 5.58. The number of hydrogen-bond acceptors (Lipinski definition) is 2. The second-order valence-electron chi connectivity index (χ2n) is 4.76. The van der Waals surface area contributed by atoms with E-state index in [2.05, 4.69) is 47.8 Å². The molecule has 0 spiro atoms. The zero-order valence-electron chi connectivity index (χ0n) is 11.0. The summed E-state index contributed by atoms with van der Waals surface area (Å²) in [5.74, 6) is -0.351. The first-order chi connectivity index (χ1) is 10.5. The van der Waals surface area contributed by atoms with Crippen molar-refractivity contribution in [3.8, 4) is 5.75 Å². The Morgan fingerprint density at radius 1 is 1.05 bits per heavy atom. The minimum atomic E-state index is -0.991. The third-order valence-corrected chi connectivity index (χ3v) is 4.86. The third-order valence-electron chi connectivity index (χ3n) is 3.29. The van der Waals surface area contributed by atoms with Crippen LogP contribution in [0.15, 0.2) is 55.4 Å². The molecule has 3 nitrogen and oxygen atoms in total. The van der Waals surface area contributed by atoms with E-state index >= 15 is 0 Å². The van der Waals surface area contributed by atoms with Crippen LogP contribution in [0.1, 0.15) is 17.2 Å². The summed E-state index contributed by atoms with van der Waals surface area (Å²) in [4.78, 5) is 11.6. The van der Waals surface area contributed by atoms with E-state index in [0.29, 0.717) is 5.75 Å². The van der Waals surface area contributed by atoms with Gasteiger partial charge in [0.1, 0.15) is 5.75 Å². The number of benzene rings is 2. The first-order valence-corrected chi connectivity index (χ1v) is 8.69. The van der Waals surface area contributed by atoms with Gasteiger partial charge in [-0.1, -0.05) is 44.0 Å². The summed E-state index contributed by atoms with van der Waals surface area (Å²) in [5, 5.41) is 9.51. The number of carboxylic acid groups (broad SMARTS) is 1. The molecule has 1 heterocycles. The summed E-state index contributed by atoms with van der Waals surface area (Å²) in [5.41, 5.74) is 1.73. The lowest BCUT2D eigenvalue weighted by Gasteiger charge is -2.26. The fraction of sp³-hybridized carbons (Fsp3) is 0.0625. The van der Waals surface area contributed by atoms with Gasteiger partial charge in [-0.2, -0.15) is 0 Å². The van der Waals surface area contributed by atoms with Crippen LogP contribution < -0.4 is 4.74 Å². The maximum absolute atomic E-state index is 11.6. The Hall–Kier alpha value is -1.11. The zero-order valence-corrected chi connectivity index (χ0v) is 15.8. The van der Waals surface area contributed by atoms with Crippen LogP contribution >= 0.6 is 47.8 Å². The van der Waals surface area contributed by atoms with E-state index < -0.39 is 12.1 Å². The van der Waals surface area contributed by atoms with Gasteiger partial charge in [-0.25, -0.2) is 4.79 Å². The summed E-state index contributed by atoms with van der Waals surface area (Å²) in [6.07, 6.45) is 1.01. The Balaban J connectivity index is 2.13. The summed E-state index contributed by atoms with van der Waals surface area (Å²) < 4.78 is 8.54. The van der Waals surface area contributed by atoms with Crippen molar-refractivity contribution in [2.75, 3.05) is 0 Å². The second-order valence-corrected chi connectivity index (χ2v) is 7.45. The van der Waals surface area contributed by atoms with Crippen molar-refractivity contribution >= 4 is 59.8 Å². The number of aliphatic carboxylic acids is 1. The number of fused-ring (bicyclic) bond motifs is 1. The van der Waals surface area contributed by atoms with Gasteiger partial charge in [-0.3, -0.25) is 0 Å². The zero-order chi connectivity index (χ0) is 15.9. The van der Waals surface area contributed by atoms with Crippen LogP contribution in [-0.4, -0.2) is 11.1 Å². The molecule has 0 radical (unpaired) electrons. The van der Waals surface area contributed by atoms with Crippen molar-refractivity contribution < 1.29 is 14.6 Å². The number of rotatable bonds is 2. The van der Waals surface area contributed by atoms with Crippen molar-refractivity contribution in [1.82, 2.24) is 0 Å². The normalized spacial score (nSPS) is 16.5. The van der Waals surface area contributed by atoms with E-state index in [1.54, 1.807) is 6.08 Å². The molecule has 2 aromatic carbocycles. The van der Waals surface area contributed by atoms with Gasteiger partial charge in [0.2, 0.25) is 0 Å². The Labute approximate surface area is 152 Å². The summed E-state index contributed by atoms with van der Waals surface area (Å²) in [7, 11) is 0. The molecule has 0 saturated heterocycles. The first kappa shape index (κ1) is 15.8. The number of carbonyl (C=O) groups is 1. The van der Waals surface area contributed by atoms with Crippen LogP contribution in [0.25, 0.3) is 6.08 Å². The van der Waals surface area contributed by atoms with Crippen LogP contribution in [0.2, 0.25) is 0 Å². The molecule has 1 atom stereocenters. The molecule has 112 valence electrons. The van der Waals surface area contributed by atoms with E-state index in [4.69, 9.17) is 4.74 Å². The first-order valence-electron chi connectivity index (χ1n) is 6.32. The maximum Gasteiger partial charge on any atom is 0.335 e. The molecule has 1 N–H and O–H groups in total. The smallest absolute Gasteiger partial charge is 0.335 e. The molecule has 0 fully saturated rings. The van der Waals surface area contributed by atoms with Gasteiger partial charge in [-0.05, 0) is 51.8 Å². The lowest BCUT2D eigenvalue weighted by Crippen LogP contribution is -2.20. The highest BCUT2D eigenvalue weighted by molar-refractivity contribution is 9.11. The summed E-state index contributed by atoms with van der Waals surface area (Å²) in [6.45, 7) is 0. The average Bonchev–Trinajstić information content (AvgIpc) is 2.47. The van der Waals surface area contributed by atoms with Crippen molar-refractivity contribution in [3.05, 3.63) is 66.5 Å². The van der Waals surface area contributed by atoms with Crippen molar-refractivity contribution in [2.45, 2.75) is 6.10 Å². The monoisotopic (exact) mass is 486 g/mol. The van der Waals surface area contributed by atoms with Crippen molar-refractivity contribution in [1.29, 1.82) is 0 Å². The fourth-order valence-electron chi connectivity index (χ4n) is 2.30. The molecule has 3 rings (SSSR count). The topological polar surface area (TPSA) is 46.5 Å². The molecular formula is C16H9Br3O3. The second kappa shape index (κ2) is 6.18. The summed E-state index contributed by atoms with van der Waals surface area (Å²) in [6, 6.07) is 11.1. The Kier molecular flexibility index (Phi) is 4.43. The number of ether oxygens (including phenoxy) is 1. The molecule has 1 aliphatic rings. The molecule has 0 aromatic heterocycles. The van der Waals surface area contributed by atoms with Gasteiger partial charge in [0, 0.05) is 14.5 Å². The minimum Gasteiger partial charge on any atom is -0.479 e. The molecule has 1 unspecified atom stereocenters. The largest absolute Gasteiger partial charge is 0.479 e. The van der Waals surface area contributed by atoms with E-state index in [9.17, 15) is 9.90 Å². The highest BCUT2D eigenvalue weighted by Crippen LogP contribution is 2.43.